The molecule has 0 bridgehead atoms. The van der Waals surface area contributed by atoms with Gasteiger partial charge in [-0.15, -0.1) is 0 Å². The predicted octanol–water partition coefficient (Wildman–Crippen LogP) is 3.60. The zero-order valence-corrected chi connectivity index (χ0v) is 11.4. The second-order valence-corrected chi connectivity index (χ2v) is 5.82. The summed E-state index contributed by atoms with van der Waals surface area (Å²) in [5.41, 5.74) is 10.5. The van der Waals surface area contributed by atoms with Crippen molar-refractivity contribution >= 4 is 10.9 Å². The van der Waals surface area contributed by atoms with Gasteiger partial charge in [0.05, 0.1) is 11.1 Å². The Morgan fingerprint density at radius 2 is 1.89 bits per heavy atom. The first-order chi connectivity index (χ1) is 8.62. The molecule has 2 heteroatoms. The summed E-state index contributed by atoms with van der Waals surface area (Å²) < 4.78 is 2.32. The van der Waals surface area contributed by atoms with Crippen molar-refractivity contribution in [3.05, 3.63) is 35.5 Å². The molecule has 18 heavy (non-hydrogen) atoms. The van der Waals surface area contributed by atoms with Gasteiger partial charge < -0.3 is 10.3 Å². The molecule has 1 fully saturated rings. The van der Waals surface area contributed by atoms with Crippen LogP contribution in [0, 0.1) is 6.92 Å². The standard InChI is InChI=1S/C16H22N2/c1-12-7-6-8-13-11-14(18(2)15(12)13)16(17)9-4-3-5-10-16/h6-8,11H,3-5,9-10,17H2,1-2H3. The van der Waals surface area contributed by atoms with Gasteiger partial charge in [-0.05, 0) is 31.4 Å². The number of aromatic nitrogens is 1. The Labute approximate surface area is 109 Å². The van der Waals surface area contributed by atoms with Crippen LogP contribution in [-0.4, -0.2) is 4.57 Å². The van der Waals surface area contributed by atoms with Crippen molar-refractivity contribution in [2.45, 2.75) is 44.6 Å². The van der Waals surface area contributed by atoms with Gasteiger partial charge in [0.2, 0.25) is 0 Å². The van der Waals surface area contributed by atoms with E-state index in [0.717, 1.165) is 12.8 Å². The Morgan fingerprint density at radius 1 is 1.17 bits per heavy atom. The average molecular weight is 242 g/mol. The van der Waals surface area contributed by atoms with Crippen molar-refractivity contribution in [1.82, 2.24) is 4.57 Å². The Balaban J connectivity index is 2.18. The highest BCUT2D eigenvalue weighted by Crippen LogP contribution is 2.37. The quantitative estimate of drug-likeness (QED) is 0.813. The van der Waals surface area contributed by atoms with Gasteiger partial charge in [-0.3, -0.25) is 0 Å². The Bertz CT molecular complexity index is 574. The van der Waals surface area contributed by atoms with Gasteiger partial charge in [-0.1, -0.05) is 37.5 Å². The summed E-state index contributed by atoms with van der Waals surface area (Å²) in [5, 5.41) is 1.32. The molecular formula is C16H22N2. The lowest BCUT2D eigenvalue weighted by Crippen LogP contribution is -2.40. The monoisotopic (exact) mass is 242 g/mol. The lowest BCUT2D eigenvalue weighted by Gasteiger charge is -2.34. The normalized spacial score (nSPS) is 19.3. The summed E-state index contributed by atoms with van der Waals surface area (Å²) in [7, 11) is 2.16. The van der Waals surface area contributed by atoms with Crippen molar-refractivity contribution in [3.63, 3.8) is 0 Å². The average Bonchev–Trinajstić information content (AvgIpc) is 2.70. The highest BCUT2D eigenvalue weighted by Gasteiger charge is 2.32. The van der Waals surface area contributed by atoms with Gasteiger partial charge in [0.1, 0.15) is 0 Å². The first-order valence-electron chi connectivity index (χ1n) is 6.96. The van der Waals surface area contributed by atoms with Crippen LogP contribution < -0.4 is 5.73 Å². The molecule has 0 saturated heterocycles. The van der Waals surface area contributed by atoms with Crippen LogP contribution >= 0.6 is 0 Å². The summed E-state index contributed by atoms with van der Waals surface area (Å²) in [4.78, 5) is 0. The number of nitrogens with zero attached hydrogens (tertiary/aromatic N) is 1. The third-order valence-corrected chi connectivity index (χ3v) is 4.51. The van der Waals surface area contributed by atoms with Crippen molar-refractivity contribution in [2.24, 2.45) is 12.8 Å². The zero-order valence-electron chi connectivity index (χ0n) is 11.4. The van der Waals surface area contributed by atoms with Crippen LogP contribution in [0.2, 0.25) is 0 Å². The molecule has 1 heterocycles. The summed E-state index contributed by atoms with van der Waals surface area (Å²) in [6.45, 7) is 2.18. The van der Waals surface area contributed by atoms with Crippen LogP contribution in [0.5, 0.6) is 0 Å². The molecule has 2 N–H and O–H groups in total. The van der Waals surface area contributed by atoms with Crippen molar-refractivity contribution in [3.8, 4) is 0 Å². The van der Waals surface area contributed by atoms with Crippen molar-refractivity contribution < 1.29 is 0 Å². The van der Waals surface area contributed by atoms with Gasteiger partial charge >= 0.3 is 0 Å². The Morgan fingerprint density at radius 3 is 2.56 bits per heavy atom. The number of fused-ring (bicyclic) bond motifs is 1. The third-order valence-electron chi connectivity index (χ3n) is 4.51. The van der Waals surface area contributed by atoms with Crippen molar-refractivity contribution in [2.75, 3.05) is 0 Å². The van der Waals surface area contributed by atoms with E-state index in [-0.39, 0.29) is 5.54 Å². The van der Waals surface area contributed by atoms with E-state index in [4.69, 9.17) is 5.73 Å². The number of para-hydroxylation sites is 1. The van der Waals surface area contributed by atoms with Gasteiger partial charge in [-0.2, -0.15) is 0 Å². The molecule has 1 aromatic heterocycles. The fourth-order valence-corrected chi connectivity index (χ4v) is 3.54. The maximum absolute atomic E-state index is 6.67. The molecule has 1 aromatic carbocycles. The molecule has 0 atom stereocenters. The van der Waals surface area contributed by atoms with E-state index < -0.39 is 0 Å². The molecule has 1 aliphatic carbocycles. The number of aryl methyl sites for hydroxylation is 2. The van der Waals surface area contributed by atoms with E-state index >= 15 is 0 Å². The first-order valence-corrected chi connectivity index (χ1v) is 6.96. The van der Waals surface area contributed by atoms with Crippen LogP contribution in [0.25, 0.3) is 10.9 Å². The molecule has 2 nitrogen and oxygen atoms in total. The van der Waals surface area contributed by atoms with Crippen LogP contribution in [0.4, 0.5) is 0 Å². The second-order valence-electron chi connectivity index (χ2n) is 5.82. The van der Waals surface area contributed by atoms with E-state index in [1.807, 2.05) is 0 Å². The predicted molar refractivity (Wildman–Crippen MR) is 76.6 cm³/mol. The SMILES string of the molecule is Cc1cccc2cc(C3(N)CCCCC3)n(C)c12. The maximum Gasteiger partial charge on any atom is 0.0563 e. The van der Waals surface area contributed by atoms with E-state index in [9.17, 15) is 0 Å². The lowest BCUT2D eigenvalue weighted by molar-refractivity contribution is 0.290. The maximum atomic E-state index is 6.67. The van der Waals surface area contributed by atoms with E-state index in [0.29, 0.717) is 0 Å². The van der Waals surface area contributed by atoms with Crippen molar-refractivity contribution in [1.29, 1.82) is 0 Å². The smallest absolute Gasteiger partial charge is 0.0563 e. The summed E-state index contributed by atoms with van der Waals surface area (Å²) >= 11 is 0. The lowest BCUT2D eigenvalue weighted by atomic mass is 9.80. The highest BCUT2D eigenvalue weighted by atomic mass is 15.0. The minimum Gasteiger partial charge on any atom is -0.346 e. The minimum absolute atomic E-state index is 0.113. The number of benzene rings is 1. The van der Waals surface area contributed by atoms with E-state index in [1.165, 1.54) is 41.4 Å². The summed E-state index contributed by atoms with van der Waals surface area (Å²) in [6, 6.07) is 8.80. The van der Waals surface area contributed by atoms with Gasteiger partial charge in [0.15, 0.2) is 0 Å². The summed E-state index contributed by atoms with van der Waals surface area (Å²) in [5.74, 6) is 0. The molecule has 1 saturated carbocycles. The molecule has 0 aliphatic heterocycles. The number of nitrogens with two attached hydrogens (primary N) is 1. The Hall–Kier alpha value is -1.28. The molecule has 0 spiro atoms. The number of hydrogen-bond donors (Lipinski definition) is 1. The topological polar surface area (TPSA) is 30.9 Å². The van der Waals surface area contributed by atoms with Crippen LogP contribution in [0.1, 0.15) is 43.4 Å². The molecule has 3 rings (SSSR count). The molecule has 0 unspecified atom stereocenters. The van der Waals surface area contributed by atoms with Crippen LogP contribution in [0.15, 0.2) is 24.3 Å². The minimum atomic E-state index is -0.113. The second kappa shape index (κ2) is 4.13. The van der Waals surface area contributed by atoms with Gasteiger partial charge in [0, 0.05) is 18.1 Å². The molecule has 96 valence electrons. The molecular weight excluding hydrogens is 220 g/mol. The van der Waals surface area contributed by atoms with Crippen LogP contribution in [0.3, 0.4) is 0 Å². The largest absolute Gasteiger partial charge is 0.346 e. The summed E-state index contributed by atoms with van der Waals surface area (Å²) in [6.07, 6.45) is 6.10. The first kappa shape index (κ1) is 11.8. The van der Waals surface area contributed by atoms with Gasteiger partial charge in [-0.25, -0.2) is 0 Å². The molecule has 0 amide bonds. The van der Waals surface area contributed by atoms with Gasteiger partial charge in [0.25, 0.3) is 0 Å². The molecule has 0 radical (unpaired) electrons. The third kappa shape index (κ3) is 1.67. The fraction of sp³-hybridized carbons (Fsp3) is 0.500. The zero-order chi connectivity index (χ0) is 12.8. The number of rotatable bonds is 1. The van der Waals surface area contributed by atoms with Crippen LogP contribution in [-0.2, 0) is 12.6 Å². The number of hydrogen-bond acceptors (Lipinski definition) is 1. The molecule has 2 aromatic rings. The van der Waals surface area contributed by atoms with E-state index in [1.54, 1.807) is 0 Å². The molecule has 1 aliphatic rings. The van der Waals surface area contributed by atoms with E-state index in [2.05, 4.69) is 42.8 Å². The fourth-order valence-electron chi connectivity index (χ4n) is 3.54. The highest BCUT2D eigenvalue weighted by molar-refractivity contribution is 5.84. The Kier molecular flexibility index (Phi) is 2.70.